The Morgan fingerprint density at radius 3 is 2.77 bits per heavy atom. The van der Waals surface area contributed by atoms with Gasteiger partial charge in [0, 0.05) is 12.1 Å². The second-order valence-electron chi connectivity index (χ2n) is 5.38. The number of rotatable bonds is 4. The molecule has 5 heteroatoms. The van der Waals surface area contributed by atoms with Gasteiger partial charge in [0.2, 0.25) is 0 Å². The van der Waals surface area contributed by atoms with Crippen molar-refractivity contribution >= 4 is 36.9 Å². The van der Waals surface area contributed by atoms with Gasteiger partial charge in [-0.05, 0) is 48.2 Å². The van der Waals surface area contributed by atoms with Gasteiger partial charge in [0.25, 0.3) is 0 Å². The van der Waals surface area contributed by atoms with Crippen LogP contribution in [0.1, 0.15) is 5.56 Å². The summed E-state index contributed by atoms with van der Waals surface area (Å²) in [5, 5.41) is 8.96. The van der Waals surface area contributed by atoms with E-state index in [2.05, 4.69) is 41.6 Å². The molecule has 0 saturated carbocycles. The van der Waals surface area contributed by atoms with Crippen molar-refractivity contribution in [3.8, 4) is 5.75 Å². The fraction of sp³-hybridized carbons (Fsp3) is 0.294. The first kappa shape index (κ1) is 15.5. The van der Waals surface area contributed by atoms with Gasteiger partial charge in [-0.3, -0.25) is 0 Å². The molecule has 0 fully saturated rings. The Bertz CT molecular complexity index is 643. The van der Waals surface area contributed by atoms with Crippen LogP contribution in [0.2, 0.25) is 5.02 Å². The van der Waals surface area contributed by atoms with Gasteiger partial charge in [0.1, 0.15) is 18.0 Å². The summed E-state index contributed by atoms with van der Waals surface area (Å²) in [6.45, 7) is 2.86. The van der Waals surface area contributed by atoms with Gasteiger partial charge in [-0.1, -0.05) is 32.3 Å². The van der Waals surface area contributed by atoms with Crippen LogP contribution in [0.3, 0.4) is 0 Å². The first-order chi connectivity index (χ1) is 10.7. The van der Waals surface area contributed by atoms with Gasteiger partial charge in [-0.25, -0.2) is 0 Å². The summed E-state index contributed by atoms with van der Waals surface area (Å²) in [6, 6.07) is 12.6. The molecule has 2 aromatic rings. The summed E-state index contributed by atoms with van der Waals surface area (Å²) in [7, 11) is 2.71. The Kier molecular flexibility index (Phi) is 4.75. The maximum Gasteiger partial charge on any atom is 0.145 e. The van der Waals surface area contributed by atoms with Crippen LogP contribution >= 0.6 is 20.2 Å². The van der Waals surface area contributed by atoms with Crippen LogP contribution in [0.5, 0.6) is 5.75 Å². The molecule has 0 aliphatic carbocycles. The van der Waals surface area contributed by atoms with Crippen molar-refractivity contribution in [2.24, 2.45) is 0 Å². The molecule has 0 aromatic heterocycles. The van der Waals surface area contributed by atoms with Gasteiger partial charge in [-0.15, -0.1) is 0 Å². The number of nitrogens with one attached hydrogen (secondary N) is 2. The highest BCUT2D eigenvalue weighted by Crippen LogP contribution is 2.36. The Morgan fingerprint density at radius 2 is 2.09 bits per heavy atom. The van der Waals surface area contributed by atoms with Crippen LogP contribution in [-0.4, -0.2) is 26.4 Å². The van der Waals surface area contributed by atoms with E-state index in [9.17, 15) is 0 Å². The summed E-state index contributed by atoms with van der Waals surface area (Å²) in [6.07, 6.45) is 0.914. The molecule has 1 unspecified atom stereocenters. The lowest BCUT2D eigenvalue weighted by Crippen LogP contribution is -2.34. The number of hydrogen-bond donors (Lipinski definition) is 2. The molecular weight excluding hydrogens is 315 g/mol. The molecule has 0 saturated heterocycles. The van der Waals surface area contributed by atoms with E-state index in [-0.39, 0.29) is 6.04 Å². The van der Waals surface area contributed by atoms with Crippen molar-refractivity contribution in [3.63, 3.8) is 0 Å². The normalized spacial score (nSPS) is 17.0. The van der Waals surface area contributed by atoms with E-state index in [0.29, 0.717) is 6.61 Å². The van der Waals surface area contributed by atoms with Crippen molar-refractivity contribution in [1.82, 2.24) is 0 Å². The molecule has 2 atom stereocenters. The minimum absolute atomic E-state index is 0.260. The molecule has 3 nitrogen and oxygen atoms in total. The zero-order valence-electron chi connectivity index (χ0n) is 12.7. The Hall–Kier alpha value is -1.44. The first-order valence-corrected chi connectivity index (χ1v) is 9.24. The van der Waals surface area contributed by atoms with Crippen LogP contribution in [0.25, 0.3) is 0 Å². The molecule has 0 radical (unpaired) electrons. The van der Waals surface area contributed by atoms with E-state index in [1.54, 1.807) is 0 Å². The van der Waals surface area contributed by atoms with E-state index in [1.807, 2.05) is 19.2 Å². The standard InChI is InChI=1S/C17H20ClN2OP/c1-19-15-8-14(22-2)9-16-17(15)20-13(10-21-16)7-11-3-5-12(18)6-4-11/h3-6,8-9,13,19-20,22H,7,10H2,1-2H3/t13-/m0/s1. The van der Waals surface area contributed by atoms with Crippen molar-refractivity contribution in [2.75, 3.05) is 31.0 Å². The fourth-order valence-electron chi connectivity index (χ4n) is 2.67. The number of ether oxygens (including phenoxy) is 1. The van der Waals surface area contributed by atoms with E-state index >= 15 is 0 Å². The quantitative estimate of drug-likeness (QED) is 0.836. The molecule has 0 bridgehead atoms. The number of anilines is 2. The van der Waals surface area contributed by atoms with E-state index in [4.69, 9.17) is 16.3 Å². The summed E-state index contributed by atoms with van der Waals surface area (Å²) in [5.41, 5.74) is 3.42. The highest BCUT2D eigenvalue weighted by molar-refractivity contribution is 7.46. The number of halogens is 1. The van der Waals surface area contributed by atoms with Crippen LogP contribution in [0.15, 0.2) is 36.4 Å². The summed E-state index contributed by atoms with van der Waals surface area (Å²) in [5.74, 6) is 0.948. The van der Waals surface area contributed by atoms with Crippen LogP contribution in [0, 0.1) is 0 Å². The van der Waals surface area contributed by atoms with Crippen LogP contribution < -0.4 is 20.7 Å². The topological polar surface area (TPSA) is 33.3 Å². The Balaban J connectivity index is 1.79. The van der Waals surface area contributed by atoms with Crippen molar-refractivity contribution in [3.05, 3.63) is 47.0 Å². The molecule has 3 rings (SSSR count). The molecule has 1 heterocycles. The van der Waals surface area contributed by atoms with Crippen LogP contribution in [-0.2, 0) is 6.42 Å². The highest BCUT2D eigenvalue weighted by Gasteiger charge is 2.22. The molecule has 0 spiro atoms. The van der Waals surface area contributed by atoms with Gasteiger partial charge in [-0.2, -0.15) is 0 Å². The van der Waals surface area contributed by atoms with Gasteiger partial charge >= 0.3 is 0 Å². The molecule has 2 aromatic carbocycles. The second-order valence-corrected chi connectivity index (χ2v) is 6.89. The summed E-state index contributed by atoms with van der Waals surface area (Å²) >= 11 is 5.94. The van der Waals surface area contributed by atoms with Crippen molar-refractivity contribution < 1.29 is 4.74 Å². The zero-order chi connectivity index (χ0) is 15.5. The molecule has 22 heavy (non-hydrogen) atoms. The molecule has 2 N–H and O–H groups in total. The monoisotopic (exact) mass is 334 g/mol. The van der Waals surface area contributed by atoms with E-state index in [0.717, 1.165) is 37.1 Å². The lowest BCUT2D eigenvalue weighted by Gasteiger charge is -2.29. The van der Waals surface area contributed by atoms with E-state index in [1.165, 1.54) is 10.9 Å². The highest BCUT2D eigenvalue weighted by atomic mass is 35.5. The predicted octanol–water partition coefficient (Wildman–Crippen LogP) is 3.73. The molecule has 1 aliphatic heterocycles. The fourth-order valence-corrected chi connectivity index (χ4v) is 3.36. The SMILES string of the molecule is CNc1cc(PC)cc2c1N[C@@H](Cc1ccc(Cl)cc1)CO2. The summed E-state index contributed by atoms with van der Waals surface area (Å²) < 4.78 is 5.99. The largest absolute Gasteiger partial charge is 0.489 e. The first-order valence-electron chi connectivity index (χ1n) is 7.37. The Labute approximate surface area is 138 Å². The number of hydrogen-bond acceptors (Lipinski definition) is 3. The molecule has 0 amide bonds. The van der Waals surface area contributed by atoms with Crippen LogP contribution in [0.4, 0.5) is 11.4 Å². The van der Waals surface area contributed by atoms with Crippen molar-refractivity contribution in [1.29, 1.82) is 0 Å². The molecule has 116 valence electrons. The maximum atomic E-state index is 5.99. The van der Waals surface area contributed by atoms with E-state index < -0.39 is 0 Å². The minimum Gasteiger partial charge on any atom is -0.489 e. The van der Waals surface area contributed by atoms with Gasteiger partial charge < -0.3 is 15.4 Å². The lowest BCUT2D eigenvalue weighted by molar-refractivity contribution is 0.284. The number of benzene rings is 2. The lowest BCUT2D eigenvalue weighted by atomic mass is 10.0. The average Bonchev–Trinajstić information content (AvgIpc) is 2.56. The number of fused-ring (bicyclic) bond motifs is 1. The van der Waals surface area contributed by atoms with Crippen molar-refractivity contribution in [2.45, 2.75) is 12.5 Å². The molecular formula is C17H20ClN2OP. The smallest absolute Gasteiger partial charge is 0.145 e. The third-order valence-corrected chi connectivity index (χ3v) is 4.96. The second kappa shape index (κ2) is 6.76. The summed E-state index contributed by atoms with van der Waals surface area (Å²) in [4.78, 5) is 0. The third-order valence-electron chi connectivity index (χ3n) is 3.84. The maximum absolute atomic E-state index is 5.99. The predicted molar refractivity (Wildman–Crippen MR) is 97.9 cm³/mol. The van der Waals surface area contributed by atoms with Gasteiger partial charge in [0.05, 0.1) is 11.7 Å². The average molecular weight is 335 g/mol. The Morgan fingerprint density at radius 1 is 1.32 bits per heavy atom. The zero-order valence-corrected chi connectivity index (χ0v) is 14.5. The molecule has 1 aliphatic rings. The van der Waals surface area contributed by atoms with Gasteiger partial charge in [0.15, 0.2) is 0 Å². The minimum atomic E-state index is 0.260. The third kappa shape index (κ3) is 3.31.